The molecular weight excluding hydrogens is 440 g/mol. The van der Waals surface area contributed by atoms with E-state index in [1.807, 2.05) is 31.2 Å². The molecule has 0 radical (unpaired) electrons. The van der Waals surface area contributed by atoms with Crippen molar-refractivity contribution in [3.63, 3.8) is 0 Å². The first kappa shape index (κ1) is 23.2. The zero-order valence-electron chi connectivity index (χ0n) is 18.5. The molecule has 0 saturated carbocycles. The number of carbonyl (C=O) groups is 3. The number of rotatable bonds is 8. The van der Waals surface area contributed by atoms with Gasteiger partial charge in [-0.1, -0.05) is 61.9 Å². The summed E-state index contributed by atoms with van der Waals surface area (Å²) >= 11 is 1.42. The van der Waals surface area contributed by atoms with Gasteiger partial charge in [0, 0.05) is 24.1 Å². The number of ether oxygens (including phenoxy) is 1. The standard InChI is InChI=1S/C25H28N2O5S/c1-2-7-16(12-23(28)27-15-33-14-22(27)24(29)30)26-25(31)32-13-21-19-10-5-3-8-17(19)18-9-4-6-11-20(18)21/h3-6,8-11,16,21-22H,2,7,12-15H2,1H3,(H,26,31)(H,29,30). The van der Waals surface area contributed by atoms with Crippen LogP contribution in [0.2, 0.25) is 0 Å². The molecule has 7 nitrogen and oxygen atoms in total. The fourth-order valence-electron chi connectivity index (χ4n) is 4.60. The van der Waals surface area contributed by atoms with Gasteiger partial charge >= 0.3 is 12.1 Å². The number of benzene rings is 2. The van der Waals surface area contributed by atoms with Gasteiger partial charge in [-0.25, -0.2) is 9.59 Å². The van der Waals surface area contributed by atoms with Crippen molar-refractivity contribution < 1.29 is 24.2 Å². The molecule has 8 heteroatoms. The molecule has 174 valence electrons. The number of nitrogens with zero attached hydrogens (tertiary/aromatic N) is 1. The Morgan fingerprint density at radius 2 is 1.76 bits per heavy atom. The summed E-state index contributed by atoms with van der Waals surface area (Å²) in [6, 6.07) is 15.1. The number of aliphatic carboxylic acids is 1. The molecule has 2 aromatic carbocycles. The fourth-order valence-corrected chi connectivity index (χ4v) is 5.77. The van der Waals surface area contributed by atoms with E-state index < -0.39 is 24.1 Å². The van der Waals surface area contributed by atoms with Gasteiger partial charge in [-0.2, -0.15) is 0 Å². The van der Waals surface area contributed by atoms with E-state index in [4.69, 9.17) is 4.74 Å². The molecule has 2 aromatic rings. The first-order chi connectivity index (χ1) is 16.0. The van der Waals surface area contributed by atoms with Gasteiger partial charge in [-0.05, 0) is 28.7 Å². The minimum Gasteiger partial charge on any atom is -0.480 e. The second-order valence-electron chi connectivity index (χ2n) is 8.38. The van der Waals surface area contributed by atoms with E-state index in [-0.39, 0.29) is 24.9 Å². The number of carbonyl (C=O) groups excluding carboxylic acids is 2. The number of thioether (sulfide) groups is 1. The lowest BCUT2D eigenvalue weighted by Gasteiger charge is -2.24. The van der Waals surface area contributed by atoms with E-state index in [2.05, 4.69) is 29.6 Å². The third kappa shape index (κ3) is 5.00. The van der Waals surface area contributed by atoms with Crippen molar-refractivity contribution in [2.24, 2.45) is 0 Å². The Morgan fingerprint density at radius 3 is 2.36 bits per heavy atom. The van der Waals surface area contributed by atoms with Crippen LogP contribution in [-0.4, -0.2) is 58.3 Å². The van der Waals surface area contributed by atoms with Gasteiger partial charge in [0.15, 0.2) is 0 Å². The Balaban J connectivity index is 1.37. The smallest absolute Gasteiger partial charge is 0.407 e. The van der Waals surface area contributed by atoms with Crippen molar-refractivity contribution in [3.8, 4) is 11.1 Å². The van der Waals surface area contributed by atoms with E-state index in [1.54, 1.807) is 0 Å². The lowest BCUT2D eigenvalue weighted by molar-refractivity contribution is -0.148. The van der Waals surface area contributed by atoms with Gasteiger partial charge in [-0.15, -0.1) is 11.8 Å². The lowest BCUT2D eigenvalue weighted by atomic mass is 9.98. The summed E-state index contributed by atoms with van der Waals surface area (Å²) in [5.41, 5.74) is 4.59. The van der Waals surface area contributed by atoms with Crippen LogP contribution in [0, 0.1) is 0 Å². The van der Waals surface area contributed by atoms with Crippen LogP contribution < -0.4 is 5.32 Å². The highest BCUT2D eigenvalue weighted by atomic mass is 32.2. The van der Waals surface area contributed by atoms with Crippen LogP contribution in [0.25, 0.3) is 11.1 Å². The second-order valence-corrected chi connectivity index (χ2v) is 9.38. The van der Waals surface area contributed by atoms with E-state index in [9.17, 15) is 19.5 Å². The minimum atomic E-state index is -0.995. The van der Waals surface area contributed by atoms with Crippen LogP contribution in [0.15, 0.2) is 48.5 Å². The lowest BCUT2D eigenvalue weighted by Crippen LogP contribution is -2.45. The van der Waals surface area contributed by atoms with Crippen molar-refractivity contribution >= 4 is 29.7 Å². The van der Waals surface area contributed by atoms with Gasteiger partial charge in [0.2, 0.25) is 5.91 Å². The molecule has 2 N–H and O–H groups in total. The molecule has 1 heterocycles. The number of carboxylic acid groups (broad SMARTS) is 1. The maximum absolute atomic E-state index is 12.7. The van der Waals surface area contributed by atoms with Crippen molar-refractivity contribution in [1.29, 1.82) is 0 Å². The molecule has 1 fully saturated rings. The highest BCUT2D eigenvalue weighted by molar-refractivity contribution is 7.99. The van der Waals surface area contributed by atoms with Gasteiger partial charge in [0.05, 0.1) is 5.88 Å². The van der Waals surface area contributed by atoms with Gasteiger partial charge in [-0.3, -0.25) is 4.79 Å². The number of hydrogen-bond donors (Lipinski definition) is 2. The highest BCUT2D eigenvalue weighted by Gasteiger charge is 2.35. The van der Waals surface area contributed by atoms with Gasteiger partial charge in [0.25, 0.3) is 0 Å². The summed E-state index contributed by atoms with van der Waals surface area (Å²) in [6.07, 6.45) is 0.879. The molecule has 1 aliphatic carbocycles. The summed E-state index contributed by atoms with van der Waals surface area (Å²) in [5, 5.41) is 12.2. The fraction of sp³-hybridized carbons (Fsp3) is 0.400. The number of alkyl carbamates (subject to hydrolysis) is 1. The maximum Gasteiger partial charge on any atom is 0.407 e. The average molecular weight is 469 g/mol. The third-order valence-corrected chi connectivity index (χ3v) is 7.22. The summed E-state index contributed by atoms with van der Waals surface area (Å²) in [6.45, 7) is 2.18. The van der Waals surface area contributed by atoms with E-state index in [0.29, 0.717) is 18.1 Å². The Labute approximate surface area is 197 Å². The Hall–Kier alpha value is -3.00. The average Bonchev–Trinajstić information content (AvgIpc) is 3.42. The Bertz CT molecular complexity index is 997. The summed E-state index contributed by atoms with van der Waals surface area (Å²) in [4.78, 5) is 38.1. The first-order valence-corrected chi connectivity index (χ1v) is 12.4. The number of hydrogen-bond acceptors (Lipinski definition) is 5. The maximum atomic E-state index is 12.7. The number of carboxylic acids is 1. The molecule has 1 aliphatic heterocycles. The van der Waals surface area contributed by atoms with Crippen molar-refractivity contribution in [1.82, 2.24) is 10.2 Å². The van der Waals surface area contributed by atoms with E-state index >= 15 is 0 Å². The molecule has 4 rings (SSSR count). The summed E-state index contributed by atoms with van der Waals surface area (Å²) in [5.74, 6) is -0.541. The zero-order chi connectivity index (χ0) is 23.4. The molecular formula is C25H28N2O5S. The first-order valence-electron chi connectivity index (χ1n) is 11.2. The number of amides is 2. The van der Waals surface area contributed by atoms with Crippen LogP contribution >= 0.6 is 11.8 Å². The molecule has 0 aromatic heterocycles. The van der Waals surface area contributed by atoms with Crippen molar-refractivity contribution in [3.05, 3.63) is 59.7 Å². The zero-order valence-corrected chi connectivity index (χ0v) is 19.3. The number of nitrogens with one attached hydrogen (secondary N) is 1. The molecule has 0 bridgehead atoms. The molecule has 2 atom stereocenters. The van der Waals surface area contributed by atoms with Crippen LogP contribution in [0.4, 0.5) is 4.79 Å². The Morgan fingerprint density at radius 1 is 1.12 bits per heavy atom. The molecule has 2 unspecified atom stereocenters. The second kappa shape index (κ2) is 10.3. The normalized spacial score (nSPS) is 17.8. The quantitative estimate of drug-likeness (QED) is 0.606. The molecule has 2 aliphatic rings. The number of fused-ring (bicyclic) bond motifs is 3. The third-order valence-electron chi connectivity index (χ3n) is 6.21. The van der Waals surface area contributed by atoms with Crippen LogP contribution in [0.5, 0.6) is 0 Å². The molecule has 33 heavy (non-hydrogen) atoms. The topological polar surface area (TPSA) is 95.9 Å². The van der Waals surface area contributed by atoms with Crippen LogP contribution in [0.3, 0.4) is 0 Å². The van der Waals surface area contributed by atoms with Crippen LogP contribution in [0.1, 0.15) is 43.2 Å². The minimum absolute atomic E-state index is 0.0349. The summed E-state index contributed by atoms with van der Waals surface area (Å²) in [7, 11) is 0. The predicted molar refractivity (Wildman–Crippen MR) is 127 cm³/mol. The predicted octanol–water partition coefficient (Wildman–Crippen LogP) is 4.07. The van der Waals surface area contributed by atoms with Crippen molar-refractivity contribution in [2.45, 2.75) is 44.2 Å². The monoisotopic (exact) mass is 468 g/mol. The van der Waals surface area contributed by atoms with Gasteiger partial charge < -0.3 is 20.1 Å². The van der Waals surface area contributed by atoms with E-state index in [1.165, 1.54) is 16.7 Å². The van der Waals surface area contributed by atoms with Crippen LogP contribution in [-0.2, 0) is 14.3 Å². The van der Waals surface area contributed by atoms with Crippen molar-refractivity contribution in [2.75, 3.05) is 18.2 Å². The molecule has 0 spiro atoms. The molecule has 1 saturated heterocycles. The molecule has 2 amide bonds. The largest absolute Gasteiger partial charge is 0.480 e. The SMILES string of the molecule is CCCC(CC(=O)N1CSCC1C(=O)O)NC(=O)OCC1c2ccccc2-c2ccccc21. The summed E-state index contributed by atoms with van der Waals surface area (Å²) < 4.78 is 5.61. The van der Waals surface area contributed by atoms with Gasteiger partial charge in [0.1, 0.15) is 12.6 Å². The Kier molecular flexibility index (Phi) is 7.23. The van der Waals surface area contributed by atoms with E-state index in [0.717, 1.165) is 28.7 Å². The highest BCUT2D eigenvalue weighted by Crippen LogP contribution is 2.44.